The first-order chi connectivity index (χ1) is 11.2. The highest BCUT2D eigenvalue weighted by molar-refractivity contribution is 7.99. The number of carbonyl (C=O) groups excluding carboxylic acids is 1. The highest BCUT2D eigenvalue weighted by Gasteiger charge is 2.16. The van der Waals surface area contributed by atoms with E-state index in [1.807, 2.05) is 6.92 Å². The van der Waals surface area contributed by atoms with Gasteiger partial charge in [0.1, 0.15) is 0 Å². The quantitative estimate of drug-likeness (QED) is 0.515. The molecule has 2 atom stereocenters. The lowest BCUT2D eigenvalue weighted by molar-refractivity contribution is -0.122. The molecule has 2 rings (SSSR count). The van der Waals surface area contributed by atoms with Gasteiger partial charge in [0.15, 0.2) is 0 Å². The largest absolute Gasteiger partial charge is 0.384 e. The SMILES string of the molecule is COCCSc1ccc(C(C)NC(=O)CCC2CCNC2)cc1.Cl. The minimum atomic E-state index is 0. The predicted octanol–water partition coefficient (Wildman–Crippen LogP) is 3.41. The molecule has 0 aromatic heterocycles. The molecule has 0 saturated carbocycles. The molecule has 0 bridgehead atoms. The summed E-state index contributed by atoms with van der Waals surface area (Å²) < 4.78 is 5.06. The summed E-state index contributed by atoms with van der Waals surface area (Å²) in [7, 11) is 1.72. The van der Waals surface area contributed by atoms with Crippen LogP contribution in [0.25, 0.3) is 0 Å². The minimum absolute atomic E-state index is 0. The van der Waals surface area contributed by atoms with E-state index in [0.717, 1.165) is 37.4 Å². The number of carbonyl (C=O) groups is 1. The molecule has 6 heteroatoms. The normalized spacial score (nSPS) is 18.0. The second-order valence-electron chi connectivity index (χ2n) is 6.10. The van der Waals surface area contributed by atoms with Crippen molar-refractivity contribution in [3.8, 4) is 0 Å². The van der Waals surface area contributed by atoms with E-state index in [-0.39, 0.29) is 24.4 Å². The second kappa shape index (κ2) is 11.7. The Morgan fingerprint density at radius 1 is 1.42 bits per heavy atom. The van der Waals surface area contributed by atoms with Gasteiger partial charge in [0.2, 0.25) is 5.91 Å². The van der Waals surface area contributed by atoms with Crippen molar-refractivity contribution in [2.75, 3.05) is 32.6 Å². The summed E-state index contributed by atoms with van der Waals surface area (Å²) in [5, 5.41) is 6.45. The third-order valence-corrected chi connectivity index (χ3v) is 5.23. The van der Waals surface area contributed by atoms with E-state index in [2.05, 4.69) is 34.9 Å². The maximum Gasteiger partial charge on any atom is 0.220 e. The monoisotopic (exact) mass is 372 g/mol. The van der Waals surface area contributed by atoms with Crippen LogP contribution < -0.4 is 10.6 Å². The van der Waals surface area contributed by atoms with E-state index in [9.17, 15) is 4.79 Å². The van der Waals surface area contributed by atoms with Crippen molar-refractivity contribution in [3.63, 3.8) is 0 Å². The van der Waals surface area contributed by atoms with Crippen molar-refractivity contribution < 1.29 is 9.53 Å². The summed E-state index contributed by atoms with van der Waals surface area (Å²) in [5.41, 5.74) is 1.15. The lowest BCUT2D eigenvalue weighted by atomic mass is 10.0. The molecule has 1 heterocycles. The van der Waals surface area contributed by atoms with Gasteiger partial charge in [0.05, 0.1) is 12.6 Å². The van der Waals surface area contributed by atoms with Crippen molar-refractivity contribution >= 4 is 30.1 Å². The molecule has 0 spiro atoms. The highest BCUT2D eigenvalue weighted by Crippen LogP contribution is 2.21. The van der Waals surface area contributed by atoms with Gasteiger partial charge in [-0.2, -0.15) is 0 Å². The number of hydrogen-bond donors (Lipinski definition) is 2. The number of rotatable bonds is 9. The molecule has 2 unspecified atom stereocenters. The number of benzene rings is 1. The predicted molar refractivity (Wildman–Crippen MR) is 103 cm³/mol. The van der Waals surface area contributed by atoms with Gasteiger partial charge in [-0.25, -0.2) is 0 Å². The lowest BCUT2D eigenvalue weighted by Gasteiger charge is -2.16. The number of thioether (sulfide) groups is 1. The Balaban J connectivity index is 0.00000288. The first kappa shape index (κ1) is 21.3. The smallest absolute Gasteiger partial charge is 0.220 e. The van der Waals surface area contributed by atoms with Gasteiger partial charge in [-0.15, -0.1) is 24.2 Å². The van der Waals surface area contributed by atoms with Gasteiger partial charge in [0, 0.05) is 24.2 Å². The molecule has 1 amide bonds. The van der Waals surface area contributed by atoms with Crippen molar-refractivity contribution in [1.82, 2.24) is 10.6 Å². The van der Waals surface area contributed by atoms with Crippen LogP contribution in [-0.4, -0.2) is 38.5 Å². The van der Waals surface area contributed by atoms with Crippen LogP contribution >= 0.6 is 24.2 Å². The summed E-state index contributed by atoms with van der Waals surface area (Å²) in [6.07, 6.45) is 2.81. The number of hydrogen-bond acceptors (Lipinski definition) is 4. The van der Waals surface area contributed by atoms with Crippen LogP contribution in [0, 0.1) is 5.92 Å². The number of amides is 1. The van der Waals surface area contributed by atoms with Gasteiger partial charge in [0.25, 0.3) is 0 Å². The van der Waals surface area contributed by atoms with Crippen LogP contribution in [-0.2, 0) is 9.53 Å². The third-order valence-electron chi connectivity index (χ3n) is 4.26. The lowest BCUT2D eigenvalue weighted by Crippen LogP contribution is -2.27. The highest BCUT2D eigenvalue weighted by atomic mass is 35.5. The van der Waals surface area contributed by atoms with E-state index in [1.54, 1.807) is 18.9 Å². The zero-order valence-corrected chi connectivity index (χ0v) is 16.2. The average Bonchev–Trinajstić information content (AvgIpc) is 3.07. The Morgan fingerprint density at radius 3 is 2.79 bits per heavy atom. The molecule has 0 aliphatic carbocycles. The standard InChI is InChI=1S/C18H28N2O2S.ClH/c1-14(20-18(21)8-3-15-9-10-19-13-15)16-4-6-17(7-5-16)23-12-11-22-2;/h4-7,14-15,19H,3,8-13H2,1-2H3,(H,20,21);1H. The summed E-state index contributed by atoms with van der Waals surface area (Å²) in [4.78, 5) is 13.3. The molecule has 136 valence electrons. The Bertz CT molecular complexity index is 478. The van der Waals surface area contributed by atoms with Crippen molar-refractivity contribution in [2.45, 2.75) is 37.1 Å². The molecule has 1 saturated heterocycles. The van der Waals surface area contributed by atoms with Crippen LogP contribution in [0.3, 0.4) is 0 Å². The molecule has 1 aliphatic rings. The zero-order valence-electron chi connectivity index (χ0n) is 14.5. The van der Waals surface area contributed by atoms with E-state index in [1.165, 1.54) is 11.3 Å². The molecule has 0 radical (unpaired) electrons. The van der Waals surface area contributed by atoms with Crippen LogP contribution in [0.1, 0.15) is 37.8 Å². The first-order valence-electron chi connectivity index (χ1n) is 8.41. The Morgan fingerprint density at radius 2 is 2.17 bits per heavy atom. The summed E-state index contributed by atoms with van der Waals surface area (Å²) in [5.74, 6) is 1.78. The van der Waals surface area contributed by atoms with Crippen LogP contribution in [0.2, 0.25) is 0 Å². The van der Waals surface area contributed by atoms with Crippen LogP contribution in [0.5, 0.6) is 0 Å². The Labute approximate surface area is 155 Å². The van der Waals surface area contributed by atoms with Gasteiger partial charge < -0.3 is 15.4 Å². The van der Waals surface area contributed by atoms with E-state index in [4.69, 9.17) is 4.74 Å². The van der Waals surface area contributed by atoms with Crippen LogP contribution in [0.4, 0.5) is 0 Å². The molecule has 2 N–H and O–H groups in total. The molecule has 1 aliphatic heterocycles. The Hall–Kier alpha value is -0.750. The topological polar surface area (TPSA) is 50.4 Å². The number of methoxy groups -OCH3 is 1. The zero-order chi connectivity index (χ0) is 16.5. The van der Waals surface area contributed by atoms with Gasteiger partial charge in [-0.1, -0.05) is 12.1 Å². The molecule has 1 aromatic carbocycles. The van der Waals surface area contributed by atoms with Gasteiger partial charge in [-0.3, -0.25) is 4.79 Å². The third kappa shape index (κ3) is 7.43. The van der Waals surface area contributed by atoms with Crippen molar-refractivity contribution in [2.24, 2.45) is 5.92 Å². The maximum atomic E-state index is 12.1. The molecule has 1 aromatic rings. The fourth-order valence-electron chi connectivity index (χ4n) is 2.79. The van der Waals surface area contributed by atoms with Crippen LogP contribution in [0.15, 0.2) is 29.2 Å². The van der Waals surface area contributed by atoms with Crippen molar-refractivity contribution in [3.05, 3.63) is 29.8 Å². The van der Waals surface area contributed by atoms with Gasteiger partial charge in [-0.05, 0) is 56.5 Å². The van der Waals surface area contributed by atoms with Gasteiger partial charge >= 0.3 is 0 Å². The van der Waals surface area contributed by atoms with E-state index in [0.29, 0.717) is 12.3 Å². The fraction of sp³-hybridized carbons (Fsp3) is 0.611. The maximum absolute atomic E-state index is 12.1. The molecular formula is C18H29ClN2O2S. The minimum Gasteiger partial charge on any atom is -0.384 e. The summed E-state index contributed by atoms with van der Waals surface area (Å²) in [6.45, 7) is 4.96. The Kier molecular flexibility index (Phi) is 10.4. The first-order valence-corrected chi connectivity index (χ1v) is 9.39. The van der Waals surface area contributed by atoms with E-state index < -0.39 is 0 Å². The molecule has 4 nitrogen and oxygen atoms in total. The molecule has 1 fully saturated rings. The van der Waals surface area contributed by atoms with E-state index >= 15 is 0 Å². The number of halogens is 1. The number of nitrogens with one attached hydrogen (secondary N) is 2. The summed E-state index contributed by atoms with van der Waals surface area (Å²) >= 11 is 1.78. The van der Waals surface area contributed by atoms with Crippen molar-refractivity contribution in [1.29, 1.82) is 0 Å². The molecule has 24 heavy (non-hydrogen) atoms. The molecular weight excluding hydrogens is 344 g/mol. The number of ether oxygens (including phenoxy) is 1. The summed E-state index contributed by atoms with van der Waals surface area (Å²) in [6, 6.07) is 8.48. The average molecular weight is 373 g/mol. The second-order valence-corrected chi connectivity index (χ2v) is 7.27. The fourth-order valence-corrected chi connectivity index (χ4v) is 3.60.